The molecule has 7 nitrogen and oxygen atoms in total. The minimum atomic E-state index is -3.69. The van der Waals surface area contributed by atoms with Crippen molar-refractivity contribution >= 4 is 38.2 Å². The number of hydrogen-bond acceptors (Lipinski definition) is 6. The number of amides is 1. The third-order valence-corrected chi connectivity index (χ3v) is 8.58. The van der Waals surface area contributed by atoms with Crippen LogP contribution in [-0.4, -0.2) is 44.3 Å². The number of esters is 1. The fourth-order valence-electron chi connectivity index (χ4n) is 3.60. The van der Waals surface area contributed by atoms with Gasteiger partial charge in [-0.2, -0.15) is 4.31 Å². The lowest BCUT2D eigenvalue weighted by molar-refractivity contribution is 0.0601. The number of carbonyl (C=O) groups excluding carboxylic acids is 2. The highest BCUT2D eigenvalue weighted by Crippen LogP contribution is 2.33. The van der Waals surface area contributed by atoms with Crippen LogP contribution in [0, 0.1) is 13.8 Å². The largest absolute Gasteiger partial charge is 0.465 e. The highest BCUT2D eigenvalue weighted by molar-refractivity contribution is 7.89. The molecule has 2 heterocycles. The van der Waals surface area contributed by atoms with Gasteiger partial charge in [-0.15, -0.1) is 11.3 Å². The SMILES string of the molecule is COC(=O)c1c(NC(=O)c2cccc(S(=O)(=O)N3CCCCC3C)c2)sc(C)c1C. The summed E-state index contributed by atoms with van der Waals surface area (Å²) >= 11 is 1.28. The monoisotopic (exact) mass is 450 g/mol. The fraction of sp³-hybridized carbons (Fsp3) is 0.429. The number of piperidine rings is 1. The average molecular weight is 451 g/mol. The van der Waals surface area contributed by atoms with Gasteiger partial charge in [0, 0.05) is 23.0 Å². The van der Waals surface area contributed by atoms with Crippen LogP contribution < -0.4 is 5.32 Å². The quantitative estimate of drug-likeness (QED) is 0.696. The second kappa shape index (κ2) is 8.87. The maximum absolute atomic E-state index is 13.1. The number of nitrogens with one attached hydrogen (secondary N) is 1. The van der Waals surface area contributed by atoms with Gasteiger partial charge in [-0.25, -0.2) is 13.2 Å². The number of ether oxygens (including phenoxy) is 1. The topological polar surface area (TPSA) is 92.8 Å². The first-order valence-corrected chi connectivity index (χ1v) is 12.0. The lowest BCUT2D eigenvalue weighted by Crippen LogP contribution is -2.41. The van der Waals surface area contributed by atoms with E-state index >= 15 is 0 Å². The number of thiophene rings is 1. The van der Waals surface area contributed by atoms with Crippen LogP contribution in [0.25, 0.3) is 0 Å². The highest BCUT2D eigenvalue weighted by Gasteiger charge is 2.31. The van der Waals surface area contributed by atoms with Crippen molar-refractivity contribution < 1.29 is 22.7 Å². The molecule has 1 fully saturated rings. The predicted molar refractivity (Wildman–Crippen MR) is 117 cm³/mol. The van der Waals surface area contributed by atoms with Crippen molar-refractivity contribution in [3.8, 4) is 0 Å². The molecule has 3 rings (SSSR count). The van der Waals surface area contributed by atoms with E-state index in [1.165, 1.54) is 34.9 Å². The van der Waals surface area contributed by atoms with Gasteiger partial charge in [0.05, 0.1) is 17.6 Å². The van der Waals surface area contributed by atoms with Gasteiger partial charge in [0.25, 0.3) is 5.91 Å². The zero-order valence-corrected chi connectivity index (χ0v) is 19.2. The van der Waals surface area contributed by atoms with Gasteiger partial charge in [-0.05, 0) is 57.4 Å². The van der Waals surface area contributed by atoms with Crippen LogP contribution in [-0.2, 0) is 14.8 Å². The van der Waals surface area contributed by atoms with E-state index in [1.54, 1.807) is 19.1 Å². The second-order valence-corrected chi connectivity index (χ2v) is 10.5. The number of carbonyl (C=O) groups is 2. The number of benzene rings is 1. The summed E-state index contributed by atoms with van der Waals surface area (Å²) in [6.07, 6.45) is 2.67. The van der Waals surface area contributed by atoms with Crippen LogP contribution in [0.4, 0.5) is 5.00 Å². The van der Waals surface area contributed by atoms with E-state index in [1.807, 2.05) is 13.8 Å². The number of methoxy groups -OCH3 is 1. The molecule has 0 bridgehead atoms. The Bertz CT molecular complexity index is 1080. The predicted octanol–water partition coefficient (Wildman–Crippen LogP) is 3.97. The molecule has 9 heteroatoms. The first-order valence-electron chi connectivity index (χ1n) is 9.78. The highest BCUT2D eigenvalue weighted by atomic mass is 32.2. The number of nitrogens with zero attached hydrogens (tertiary/aromatic N) is 1. The molecule has 0 aliphatic carbocycles. The van der Waals surface area contributed by atoms with Gasteiger partial charge >= 0.3 is 5.97 Å². The summed E-state index contributed by atoms with van der Waals surface area (Å²) in [7, 11) is -2.40. The first kappa shape index (κ1) is 22.5. The summed E-state index contributed by atoms with van der Waals surface area (Å²) < 4.78 is 32.5. The standard InChI is InChI=1S/C21H26N2O5S2/c1-13-8-5-6-11-23(13)30(26,27)17-10-7-9-16(12-17)19(24)22-20-18(21(25)28-4)14(2)15(3)29-20/h7,9-10,12-13H,5-6,8,11H2,1-4H3,(H,22,24). The van der Waals surface area contributed by atoms with Crippen molar-refractivity contribution in [3.63, 3.8) is 0 Å². The normalized spacial score (nSPS) is 17.5. The molecule has 1 saturated heterocycles. The lowest BCUT2D eigenvalue weighted by atomic mass is 10.1. The zero-order chi connectivity index (χ0) is 22.1. The number of rotatable bonds is 5. The molecule has 1 aliphatic rings. The Labute approximate surface area is 181 Å². The van der Waals surface area contributed by atoms with Crippen molar-refractivity contribution in [2.75, 3.05) is 19.0 Å². The van der Waals surface area contributed by atoms with Crippen molar-refractivity contribution in [2.24, 2.45) is 0 Å². The molecule has 1 amide bonds. The Morgan fingerprint density at radius 1 is 1.23 bits per heavy atom. The molecule has 1 aromatic heterocycles. The van der Waals surface area contributed by atoms with Gasteiger partial charge in [0.15, 0.2) is 0 Å². The van der Waals surface area contributed by atoms with Gasteiger partial charge in [0.1, 0.15) is 5.00 Å². The summed E-state index contributed by atoms with van der Waals surface area (Å²) in [5.74, 6) is -1.01. The fourth-order valence-corrected chi connectivity index (χ4v) is 6.39. The summed E-state index contributed by atoms with van der Waals surface area (Å²) in [6.45, 7) is 6.04. The molecule has 0 spiro atoms. The Hall–Kier alpha value is -2.23. The smallest absolute Gasteiger partial charge is 0.341 e. The summed E-state index contributed by atoms with van der Waals surface area (Å²) in [6, 6.07) is 5.94. The van der Waals surface area contributed by atoms with E-state index in [0.717, 1.165) is 29.7 Å². The maximum Gasteiger partial charge on any atom is 0.341 e. The van der Waals surface area contributed by atoms with Crippen LogP contribution >= 0.6 is 11.3 Å². The van der Waals surface area contributed by atoms with Gasteiger partial charge < -0.3 is 10.1 Å². The summed E-state index contributed by atoms with van der Waals surface area (Å²) in [4.78, 5) is 26.0. The molecule has 1 aromatic carbocycles. The van der Waals surface area contributed by atoms with E-state index in [2.05, 4.69) is 5.32 Å². The number of sulfonamides is 1. The Balaban J connectivity index is 1.89. The van der Waals surface area contributed by atoms with E-state index in [4.69, 9.17) is 4.74 Å². The molecule has 1 aliphatic heterocycles. The Morgan fingerprint density at radius 2 is 1.97 bits per heavy atom. The van der Waals surface area contributed by atoms with Crippen LogP contribution in [0.1, 0.15) is 57.3 Å². The molecule has 0 radical (unpaired) electrons. The van der Waals surface area contributed by atoms with Crippen molar-refractivity contribution in [1.82, 2.24) is 4.31 Å². The molecular weight excluding hydrogens is 424 g/mol. The van der Waals surface area contributed by atoms with Crippen LogP contribution in [0.3, 0.4) is 0 Å². The van der Waals surface area contributed by atoms with E-state index in [9.17, 15) is 18.0 Å². The van der Waals surface area contributed by atoms with E-state index in [0.29, 0.717) is 17.1 Å². The maximum atomic E-state index is 13.1. The number of hydrogen-bond donors (Lipinski definition) is 1. The summed E-state index contributed by atoms with van der Waals surface area (Å²) in [5, 5.41) is 3.13. The van der Waals surface area contributed by atoms with E-state index < -0.39 is 21.9 Å². The zero-order valence-electron chi connectivity index (χ0n) is 17.5. The first-order chi connectivity index (χ1) is 14.2. The van der Waals surface area contributed by atoms with Crippen LogP contribution in [0.5, 0.6) is 0 Å². The molecule has 1 N–H and O–H groups in total. The van der Waals surface area contributed by atoms with Gasteiger partial charge in [0.2, 0.25) is 10.0 Å². The molecular formula is C21H26N2O5S2. The average Bonchev–Trinajstić information content (AvgIpc) is 3.00. The summed E-state index contributed by atoms with van der Waals surface area (Å²) in [5.41, 5.74) is 1.28. The lowest BCUT2D eigenvalue weighted by Gasteiger charge is -2.32. The molecule has 1 unspecified atom stereocenters. The van der Waals surface area contributed by atoms with Gasteiger partial charge in [-0.3, -0.25) is 4.79 Å². The Morgan fingerprint density at radius 3 is 2.63 bits per heavy atom. The molecule has 0 saturated carbocycles. The van der Waals surface area contributed by atoms with Crippen molar-refractivity contribution in [1.29, 1.82) is 0 Å². The minimum Gasteiger partial charge on any atom is -0.465 e. The number of anilines is 1. The second-order valence-electron chi connectivity index (χ2n) is 7.42. The molecule has 30 heavy (non-hydrogen) atoms. The minimum absolute atomic E-state index is 0.0686. The van der Waals surface area contributed by atoms with Crippen molar-refractivity contribution in [2.45, 2.75) is 51.0 Å². The number of aryl methyl sites for hydroxylation is 1. The van der Waals surface area contributed by atoms with Crippen LogP contribution in [0.2, 0.25) is 0 Å². The Kier molecular flexibility index (Phi) is 6.64. The van der Waals surface area contributed by atoms with Crippen LogP contribution in [0.15, 0.2) is 29.2 Å². The molecule has 162 valence electrons. The molecule has 1 atom stereocenters. The van der Waals surface area contributed by atoms with E-state index in [-0.39, 0.29) is 16.5 Å². The van der Waals surface area contributed by atoms with Gasteiger partial charge in [-0.1, -0.05) is 12.5 Å². The third kappa shape index (κ3) is 4.28. The molecule has 2 aromatic rings. The van der Waals surface area contributed by atoms with Crippen molar-refractivity contribution in [3.05, 3.63) is 45.8 Å². The third-order valence-electron chi connectivity index (χ3n) is 5.45.